The van der Waals surface area contributed by atoms with Crippen molar-refractivity contribution in [2.75, 3.05) is 13.2 Å². The Labute approximate surface area is 201 Å². The minimum atomic E-state index is -0.436. The lowest BCUT2D eigenvalue weighted by Gasteiger charge is -2.36. The quantitative estimate of drug-likeness (QED) is 0.255. The smallest absolute Gasteiger partial charge is 0.270 e. The van der Waals surface area contributed by atoms with Gasteiger partial charge in [-0.2, -0.15) is 0 Å². The van der Waals surface area contributed by atoms with E-state index < -0.39 is 4.92 Å². The first-order valence-corrected chi connectivity index (χ1v) is 11.7. The van der Waals surface area contributed by atoms with Crippen molar-refractivity contribution >= 4 is 28.6 Å². The number of amides is 1. The van der Waals surface area contributed by atoms with Gasteiger partial charge in [-0.05, 0) is 52.9 Å². The molecule has 0 spiro atoms. The molecule has 0 aliphatic carbocycles. The number of H-pyrrole nitrogens is 1. The van der Waals surface area contributed by atoms with Gasteiger partial charge in [0.25, 0.3) is 5.69 Å². The molecule has 0 radical (unpaired) electrons. The highest BCUT2D eigenvalue weighted by atomic mass is 16.6. The van der Waals surface area contributed by atoms with E-state index in [1.807, 2.05) is 29.2 Å². The number of hydrogen-bond acceptors (Lipinski definition) is 4. The molecule has 35 heavy (non-hydrogen) atoms. The van der Waals surface area contributed by atoms with Gasteiger partial charge in [0, 0.05) is 47.8 Å². The number of non-ortho nitro benzene ring substituents is 1. The molecule has 7 nitrogen and oxygen atoms in total. The number of hydrogen-bond donors (Lipinski definition) is 1. The number of benzene rings is 3. The molecule has 0 fully saturated rings. The van der Waals surface area contributed by atoms with Crippen LogP contribution in [-0.2, 0) is 17.6 Å². The van der Waals surface area contributed by atoms with Gasteiger partial charge in [0.15, 0.2) is 0 Å². The Hall–Kier alpha value is -4.39. The molecule has 3 heterocycles. The average Bonchev–Trinajstić information content (AvgIpc) is 3.50. The lowest BCUT2D eigenvalue weighted by atomic mass is 9.91. The minimum absolute atomic E-state index is 0.00137. The van der Waals surface area contributed by atoms with Gasteiger partial charge in [-0.1, -0.05) is 36.4 Å². The fourth-order valence-corrected chi connectivity index (χ4v) is 5.21. The number of nitrogens with zero attached hydrogens (tertiary/aromatic N) is 2. The first kappa shape index (κ1) is 21.2. The minimum Gasteiger partial charge on any atom is -0.493 e. The van der Waals surface area contributed by atoms with Gasteiger partial charge in [-0.3, -0.25) is 14.9 Å². The maximum absolute atomic E-state index is 13.5. The number of nitrogens with one attached hydrogen (secondary N) is 1. The van der Waals surface area contributed by atoms with Crippen molar-refractivity contribution in [3.05, 3.63) is 111 Å². The van der Waals surface area contributed by atoms with E-state index >= 15 is 0 Å². The number of fused-ring (bicyclic) bond motifs is 4. The fraction of sp³-hybridized carbons (Fsp3) is 0.179. The van der Waals surface area contributed by atoms with Crippen LogP contribution in [0.3, 0.4) is 0 Å². The maximum Gasteiger partial charge on any atom is 0.270 e. The Bertz CT molecular complexity index is 1500. The third kappa shape index (κ3) is 3.75. The third-order valence-electron chi connectivity index (χ3n) is 6.85. The average molecular weight is 466 g/mol. The van der Waals surface area contributed by atoms with Crippen LogP contribution in [0.2, 0.25) is 0 Å². The van der Waals surface area contributed by atoms with Gasteiger partial charge < -0.3 is 14.6 Å². The topological polar surface area (TPSA) is 88.5 Å². The summed E-state index contributed by atoms with van der Waals surface area (Å²) in [6.45, 7) is 1.25. The highest BCUT2D eigenvalue weighted by molar-refractivity contribution is 5.93. The highest BCUT2D eigenvalue weighted by Gasteiger charge is 2.34. The summed E-state index contributed by atoms with van der Waals surface area (Å²) in [4.78, 5) is 29.6. The molecule has 0 saturated carbocycles. The molecule has 1 unspecified atom stereocenters. The number of aromatic amines is 1. The molecule has 2 aliphatic heterocycles. The van der Waals surface area contributed by atoms with Crippen molar-refractivity contribution < 1.29 is 14.5 Å². The van der Waals surface area contributed by atoms with Crippen molar-refractivity contribution in [1.29, 1.82) is 0 Å². The molecule has 1 amide bonds. The van der Waals surface area contributed by atoms with Crippen molar-refractivity contribution in [1.82, 2.24) is 9.88 Å². The van der Waals surface area contributed by atoms with Gasteiger partial charge in [0.1, 0.15) is 5.75 Å². The number of ether oxygens (including phenoxy) is 1. The predicted molar refractivity (Wildman–Crippen MR) is 133 cm³/mol. The van der Waals surface area contributed by atoms with Crippen molar-refractivity contribution in [3.63, 3.8) is 0 Å². The van der Waals surface area contributed by atoms with Crippen LogP contribution in [0.25, 0.3) is 17.0 Å². The molecule has 3 aromatic carbocycles. The number of rotatable bonds is 4. The summed E-state index contributed by atoms with van der Waals surface area (Å²) in [5.41, 5.74) is 6.15. The standard InChI is InChI=1S/C28H23N3O4/c32-26(11-8-18-4-3-5-21(16-18)31(33)34)30-14-12-23-22-6-1-2-7-24(22)29-27(23)28(30)20-9-10-25-19(17-20)13-15-35-25/h1-11,16-17,28-29H,12-15H2. The lowest BCUT2D eigenvalue weighted by Crippen LogP contribution is -2.39. The second-order valence-electron chi connectivity index (χ2n) is 8.90. The van der Waals surface area contributed by atoms with Crippen LogP contribution < -0.4 is 4.74 Å². The normalized spacial score (nSPS) is 16.8. The predicted octanol–water partition coefficient (Wildman–Crippen LogP) is 5.20. The van der Waals surface area contributed by atoms with E-state index in [-0.39, 0.29) is 17.6 Å². The van der Waals surface area contributed by atoms with Crippen molar-refractivity contribution in [2.24, 2.45) is 0 Å². The van der Waals surface area contributed by atoms with E-state index in [1.54, 1.807) is 18.2 Å². The molecule has 4 aromatic rings. The Kier molecular flexibility index (Phi) is 5.10. The van der Waals surface area contributed by atoms with Gasteiger partial charge in [-0.25, -0.2) is 0 Å². The first-order valence-electron chi connectivity index (χ1n) is 11.7. The lowest BCUT2D eigenvalue weighted by molar-refractivity contribution is -0.384. The summed E-state index contributed by atoms with van der Waals surface area (Å²) in [6.07, 6.45) is 4.76. The molecule has 174 valence electrons. The molecule has 0 saturated heterocycles. The van der Waals surface area contributed by atoms with Gasteiger partial charge >= 0.3 is 0 Å². The molecular weight excluding hydrogens is 442 g/mol. The molecule has 0 bridgehead atoms. The van der Waals surface area contributed by atoms with Gasteiger partial charge in [0.2, 0.25) is 5.91 Å². The zero-order chi connectivity index (χ0) is 23.9. The number of aromatic nitrogens is 1. The van der Waals surface area contributed by atoms with Gasteiger partial charge in [-0.15, -0.1) is 0 Å². The summed E-state index contributed by atoms with van der Waals surface area (Å²) in [5.74, 6) is 0.771. The number of carbonyl (C=O) groups excluding carboxylic acids is 1. The fourth-order valence-electron chi connectivity index (χ4n) is 5.21. The molecule has 1 aromatic heterocycles. The van der Waals surface area contributed by atoms with E-state index in [0.29, 0.717) is 18.7 Å². The second-order valence-corrected chi connectivity index (χ2v) is 8.90. The molecule has 1 N–H and O–H groups in total. The van der Waals surface area contributed by atoms with E-state index in [2.05, 4.69) is 23.2 Å². The van der Waals surface area contributed by atoms with Gasteiger partial charge in [0.05, 0.1) is 17.6 Å². The molecule has 6 rings (SSSR count). The van der Waals surface area contributed by atoms with E-state index in [9.17, 15) is 14.9 Å². The summed E-state index contributed by atoms with van der Waals surface area (Å²) < 4.78 is 5.70. The van der Waals surface area contributed by atoms with Crippen LogP contribution in [0.5, 0.6) is 5.75 Å². The Morgan fingerprint density at radius 3 is 2.86 bits per heavy atom. The van der Waals surface area contributed by atoms with E-state index in [0.717, 1.165) is 40.9 Å². The van der Waals surface area contributed by atoms with Crippen LogP contribution in [-0.4, -0.2) is 33.9 Å². The zero-order valence-corrected chi connectivity index (χ0v) is 18.9. The number of nitro benzene ring substituents is 1. The Morgan fingerprint density at radius 1 is 1.09 bits per heavy atom. The first-order chi connectivity index (χ1) is 17.1. The summed E-state index contributed by atoms with van der Waals surface area (Å²) in [5, 5.41) is 12.3. The van der Waals surface area contributed by atoms with Crippen molar-refractivity contribution in [3.8, 4) is 5.75 Å². The van der Waals surface area contributed by atoms with Crippen LogP contribution in [0.1, 0.15) is 34.0 Å². The third-order valence-corrected chi connectivity index (χ3v) is 6.85. The highest BCUT2D eigenvalue weighted by Crippen LogP contribution is 2.40. The van der Waals surface area contributed by atoms with Crippen LogP contribution in [0, 0.1) is 10.1 Å². The molecule has 2 aliphatic rings. The zero-order valence-electron chi connectivity index (χ0n) is 18.9. The molecular formula is C28H23N3O4. The van der Waals surface area contributed by atoms with Crippen LogP contribution in [0.15, 0.2) is 72.8 Å². The molecule has 1 atom stereocenters. The summed E-state index contributed by atoms with van der Waals surface area (Å²) >= 11 is 0. The summed E-state index contributed by atoms with van der Waals surface area (Å²) in [7, 11) is 0. The number of carbonyl (C=O) groups is 1. The monoisotopic (exact) mass is 465 g/mol. The number of nitro groups is 1. The summed E-state index contributed by atoms with van der Waals surface area (Å²) in [6, 6.07) is 20.4. The Morgan fingerprint density at radius 2 is 1.97 bits per heavy atom. The molecule has 7 heteroatoms. The maximum atomic E-state index is 13.5. The largest absolute Gasteiger partial charge is 0.493 e. The van der Waals surface area contributed by atoms with Crippen LogP contribution >= 0.6 is 0 Å². The number of para-hydroxylation sites is 1. The van der Waals surface area contributed by atoms with E-state index in [4.69, 9.17) is 4.74 Å². The SMILES string of the molecule is O=C(C=Cc1cccc([N+](=O)[O-])c1)N1CCc2c([nH]c3ccccc23)C1c1ccc2c(c1)CCO2. The Balaban J connectivity index is 1.40. The second kappa shape index (κ2) is 8.43. The van der Waals surface area contributed by atoms with Crippen molar-refractivity contribution in [2.45, 2.75) is 18.9 Å². The van der Waals surface area contributed by atoms with E-state index in [1.165, 1.54) is 29.2 Å². The van der Waals surface area contributed by atoms with Crippen LogP contribution in [0.4, 0.5) is 5.69 Å².